The molecule has 1 aliphatic rings. The summed E-state index contributed by atoms with van der Waals surface area (Å²) in [6, 6.07) is -1.78. The SMILES string of the molecule is CC[C@H](C)[C@H](N)C(=O)OCC(COC(=O)CCC(=O)OC[C@@H]1CC[C@H](n2cnc3c(=O)[nH]cnc32)O1)OC(=O)[C@@H](N)[C@@H](C)CC. The van der Waals surface area contributed by atoms with Crippen molar-refractivity contribution in [3.8, 4) is 0 Å². The highest BCUT2D eigenvalue weighted by molar-refractivity contribution is 5.78. The molecule has 0 spiro atoms. The molecule has 0 radical (unpaired) electrons. The Kier molecular flexibility index (Phi) is 13.4. The van der Waals surface area contributed by atoms with Gasteiger partial charge in [0.05, 0.1) is 31.6 Å². The average Bonchev–Trinajstić information content (AvgIpc) is 3.70. The Bertz CT molecular complexity index is 1360. The lowest BCUT2D eigenvalue weighted by atomic mass is 10.0. The van der Waals surface area contributed by atoms with Crippen molar-refractivity contribution in [2.75, 3.05) is 19.8 Å². The molecule has 3 rings (SSSR count). The first-order valence-corrected chi connectivity index (χ1v) is 15.2. The van der Waals surface area contributed by atoms with Gasteiger partial charge in [-0.25, -0.2) is 9.97 Å². The molecule has 2 aromatic heterocycles. The summed E-state index contributed by atoms with van der Waals surface area (Å²) in [5.74, 6) is -3.06. The topological polar surface area (TPSA) is 230 Å². The van der Waals surface area contributed by atoms with Crippen LogP contribution in [-0.2, 0) is 42.9 Å². The van der Waals surface area contributed by atoms with E-state index in [9.17, 15) is 24.0 Å². The zero-order valence-corrected chi connectivity index (χ0v) is 26.1. The van der Waals surface area contributed by atoms with Crippen LogP contribution < -0.4 is 17.0 Å². The second-order valence-corrected chi connectivity index (χ2v) is 11.2. The van der Waals surface area contributed by atoms with Crippen LogP contribution in [-0.4, -0.2) is 87.5 Å². The minimum Gasteiger partial charge on any atom is -0.463 e. The zero-order valence-electron chi connectivity index (χ0n) is 26.1. The summed E-state index contributed by atoms with van der Waals surface area (Å²) in [5, 5.41) is 0. The minimum absolute atomic E-state index is 0.0242. The highest BCUT2D eigenvalue weighted by atomic mass is 16.6. The molecule has 1 saturated heterocycles. The summed E-state index contributed by atoms with van der Waals surface area (Å²) in [5.41, 5.74) is 12.1. The maximum atomic E-state index is 12.5. The number of carbonyl (C=O) groups is 4. The van der Waals surface area contributed by atoms with Gasteiger partial charge in [0.1, 0.15) is 38.1 Å². The number of H-pyrrole nitrogens is 1. The van der Waals surface area contributed by atoms with Gasteiger partial charge in [0, 0.05) is 0 Å². The second-order valence-electron chi connectivity index (χ2n) is 11.2. The van der Waals surface area contributed by atoms with E-state index in [1.54, 1.807) is 11.5 Å². The van der Waals surface area contributed by atoms with Crippen molar-refractivity contribution >= 4 is 35.0 Å². The van der Waals surface area contributed by atoms with Crippen molar-refractivity contribution in [2.24, 2.45) is 23.3 Å². The third kappa shape index (κ3) is 10.1. The molecule has 1 aliphatic heterocycles. The molecule has 1 unspecified atom stereocenters. The van der Waals surface area contributed by atoms with Gasteiger partial charge in [-0.3, -0.25) is 28.5 Å². The quantitative estimate of drug-likeness (QED) is 0.162. The fourth-order valence-corrected chi connectivity index (χ4v) is 4.41. The van der Waals surface area contributed by atoms with E-state index in [0.29, 0.717) is 31.3 Å². The maximum Gasteiger partial charge on any atom is 0.323 e. The lowest BCUT2D eigenvalue weighted by molar-refractivity contribution is -0.169. The predicted octanol–water partition coefficient (Wildman–Crippen LogP) is 0.866. The number of nitrogens with zero attached hydrogens (tertiary/aromatic N) is 3. The number of imidazole rings is 1. The summed E-state index contributed by atoms with van der Waals surface area (Å²) in [6.45, 7) is 6.54. The van der Waals surface area contributed by atoms with Gasteiger partial charge < -0.3 is 40.1 Å². The number of aromatic amines is 1. The van der Waals surface area contributed by atoms with Crippen LogP contribution in [0, 0.1) is 11.8 Å². The first-order valence-electron chi connectivity index (χ1n) is 15.2. The maximum absolute atomic E-state index is 12.5. The molecule has 0 saturated carbocycles. The van der Waals surface area contributed by atoms with Crippen LogP contribution >= 0.6 is 0 Å². The Balaban J connectivity index is 1.43. The first-order chi connectivity index (χ1) is 21.4. The van der Waals surface area contributed by atoms with E-state index in [1.807, 2.05) is 20.8 Å². The van der Waals surface area contributed by atoms with Crippen LogP contribution in [0.4, 0.5) is 0 Å². The van der Waals surface area contributed by atoms with Gasteiger partial charge in [-0.2, -0.15) is 0 Å². The normalized spacial score (nSPS) is 19.7. The average molecular weight is 637 g/mol. The Labute approximate surface area is 260 Å². The van der Waals surface area contributed by atoms with Gasteiger partial charge in [-0.1, -0.05) is 40.5 Å². The number of nitrogens with one attached hydrogen (secondary N) is 1. The van der Waals surface area contributed by atoms with Gasteiger partial charge in [0.15, 0.2) is 17.3 Å². The molecule has 45 heavy (non-hydrogen) atoms. The molecule has 7 atom stereocenters. The number of esters is 4. The highest BCUT2D eigenvalue weighted by Crippen LogP contribution is 2.30. The molecule has 16 heteroatoms. The third-order valence-corrected chi connectivity index (χ3v) is 7.91. The fraction of sp³-hybridized carbons (Fsp3) is 0.690. The molecule has 0 bridgehead atoms. The van der Waals surface area contributed by atoms with Crippen molar-refractivity contribution < 1.29 is 42.9 Å². The third-order valence-electron chi connectivity index (χ3n) is 7.91. The van der Waals surface area contributed by atoms with E-state index in [0.717, 1.165) is 0 Å². The standard InChI is InChI=1S/C29H44N6O10/c1-5-16(3)23(30)28(39)43-13-19(45-29(40)24(31)17(4)6-2)12-42-22(37)10-9-21(36)41-11-18-7-8-20(44-18)35-15-34-25-26(35)32-14-33-27(25)38/h14-20,23-24H,5-13,30-31H2,1-4H3,(H,32,33,38)/t16-,17-,18-,19?,20+,23-,24-/m0/s1. The van der Waals surface area contributed by atoms with Crippen molar-refractivity contribution in [3.63, 3.8) is 0 Å². The number of rotatable bonds is 17. The number of nitrogens with two attached hydrogens (primary N) is 2. The summed E-state index contributed by atoms with van der Waals surface area (Å²) < 4.78 is 28.7. The summed E-state index contributed by atoms with van der Waals surface area (Å²) in [7, 11) is 0. The number of hydrogen-bond donors (Lipinski definition) is 3. The zero-order chi connectivity index (χ0) is 33.1. The first kappa shape index (κ1) is 35.6. The molecule has 1 fully saturated rings. The van der Waals surface area contributed by atoms with Gasteiger partial charge in [-0.15, -0.1) is 0 Å². The smallest absolute Gasteiger partial charge is 0.323 e. The largest absolute Gasteiger partial charge is 0.463 e. The molecule has 0 amide bonds. The molecule has 5 N–H and O–H groups in total. The molecule has 0 aromatic carbocycles. The van der Waals surface area contributed by atoms with E-state index in [1.165, 1.54) is 12.7 Å². The Morgan fingerprint density at radius 2 is 1.58 bits per heavy atom. The minimum atomic E-state index is -1.12. The molecule has 16 nitrogen and oxygen atoms in total. The fourth-order valence-electron chi connectivity index (χ4n) is 4.41. The summed E-state index contributed by atoms with van der Waals surface area (Å²) in [6.07, 6.45) is 2.79. The number of fused-ring (bicyclic) bond motifs is 1. The van der Waals surface area contributed by atoms with E-state index in [4.69, 9.17) is 35.2 Å². The number of aromatic nitrogens is 4. The Morgan fingerprint density at radius 3 is 2.24 bits per heavy atom. The van der Waals surface area contributed by atoms with Gasteiger partial charge in [-0.05, 0) is 24.7 Å². The van der Waals surface area contributed by atoms with Crippen LogP contribution in [0.3, 0.4) is 0 Å². The predicted molar refractivity (Wildman–Crippen MR) is 158 cm³/mol. The number of carbonyl (C=O) groups excluding carboxylic acids is 4. The van der Waals surface area contributed by atoms with Crippen molar-refractivity contribution in [2.45, 2.75) is 96.7 Å². The van der Waals surface area contributed by atoms with E-state index >= 15 is 0 Å². The lowest BCUT2D eigenvalue weighted by Crippen LogP contribution is -2.43. The van der Waals surface area contributed by atoms with Gasteiger partial charge in [0.2, 0.25) is 0 Å². The molecule has 250 valence electrons. The van der Waals surface area contributed by atoms with Crippen LogP contribution in [0.25, 0.3) is 11.2 Å². The van der Waals surface area contributed by atoms with E-state index in [2.05, 4.69) is 15.0 Å². The van der Waals surface area contributed by atoms with Crippen LogP contribution in [0.5, 0.6) is 0 Å². The highest BCUT2D eigenvalue weighted by Gasteiger charge is 2.30. The Hall–Kier alpha value is -3.89. The van der Waals surface area contributed by atoms with Crippen LogP contribution in [0.15, 0.2) is 17.4 Å². The van der Waals surface area contributed by atoms with Crippen LogP contribution in [0.2, 0.25) is 0 Å². The van der Waals surface area contributed by atoms with Gasteiger partial charge >= 0.3 is 23.9 Å². The molecule has 3 heterocycles. The number of hydrogen-bond acceptors (Lipinski definition) is 14. The monoisotopic (exact) mass is 636 g/mol. The van der Waals surface area contributed by atoms with Crippen molar-refractivity contribution in [1.82, 2.24) is 19.5 Å². The second kappa shape index (κ2) is 17.0. The molecule has 0 aliphatic carbocycles. The van der Waals surface area contributed by atoms with Crippen molar-refractivity contribution in [3.05, 3.63) is 23.0 Å². The van der Waals surface area contributed by atoms with Gasteiger partial charge in [0.25, 0.3) is 5.56 Å². The number of ether oxygens (including phenoxy) is 5. The summed E-state index contributed by atoms with van der Waals surface area (Å²) >= 11 is 0. The summed E-state index contributed by atoms with van der Waals surface area (Å²) in [4.78, 5) is 72.2. The van der Waals surface area contributed by atoms with E-state index in [-0.39, 0.29) is 49.0 Å². The molecule has 2 aromatic rings. The van der Waals surface area contributed by atoms with E-state index < -0.39 is 61.0 Å². The Morgan fingerprint density at radius 1 is 0.956 bits per heavy atom. The van der Waals surface area contributed by atoms with Crippen molar-refractivity contribution in [1.29, 1.82) is 0 Å². The molecular formula is C29H44N6O10. The lowest BCUT2D eigenvalue weighted by Gasteiger charge is -2.23. The molecular weight excluding hydrogens is 592 g/mol. The van der Waals surface area contributed by atoms with Crippen LogP contribution in [0.1, 0.15) is 72.4 Å².